The Kier molecular flexibility index (Phi) is 18.5. The van der Waals surface area contributed by atoms with Crippen molar-refractivity contribution in [3.8, 4) is 0 Å². The summed E-state index contributed by atoms with van der Waals surface area (Å²) in [5, 5.41) is 17.7. The molecule has 3 aliphatic heterocycles. The number of nitrogens with zero attached hydrogens (tertiary/aromatic N) is 3. The number of rotatable bonds is 22. The van der Waals surface area contributed by atoms with Gasteiger partial charge in [0.1, 0.15) is 36.3 Å². The molecule has 0 saturated carbocycles. The van der Waals surface area contributed by atoms with Gasteiger partial charge in [0.15, 0.2) is 0 Å². The van der Waals surface area contributed by atoms with Crippen LogP contribution >= 0.6 is 0 Å². The van der Waals surface area contributed by atoms with E-state index < -0.39 is 71.9 Å². The number of nitrogens with one attached hydrogen (secondary N) is 3. The molecule has 12 N–H and O–H groups in total. The van der Waals surface area contributed by atoms with Gasteiger partial charge in [0.2, 0.25) is 35.4 Å². The lowest BCUT2D eigenvalue weighted by atomic mass is 10.0. The maximum absolute atomic E-state index is 14.1. The molecule has 0 spiro atoms. The van der Waals surface area contributed by atoms with Crippen LogP contribution in [0.4, 0.5) is 0 Å². The highest BCUT2D eigenvalue weighted by molar-refractivity contribution is 5.97. The van der Waals surface area contributed by atoms with Crippen molar-refractivity contribution in [3.63, 3.8) is 0 Å². The second-order valence-electron chi connectivity index (χ2n) is 14.7. The molecule has 3 fully saturated rings. The highest BCUT2D eigenvalue weighted by Gasteiger charge is 2.46. The van der Waals surface area contributed by atoms with E-state index >= 15 is 0 Å². The van der Waals surface area contributed by atoms with Crippen LogP contribution in [0, 0.1) is 0 Å². The van der Waals surface area contributed by atoms with E-state index in [1.54, 1.807) is 6.92 Å². The van der Waals surface area contributed by atoms with Crippen molar-refractivity contribution in [2.24, 2.45) is 22.9 Å². The van der Waals surface area contributed by atoms with Gasteiger partial charge in [-0.3, -0.25) is 28.8 Å². The third-order valence-electron chi connectivity index (χ3n) is 10.7. The van der Waals surface area contributed by atoms with Crippen molar-refractivity contribution in [1.29, 1.82) is 0 Å². The number of amides is 6. The zero-order valence-electron chi connectivity index (χ0n) is 31.8. The molecule has 7 atom stereocenters. The average Bonchev–Trinajstić information content (AvgIpc) is 3.95. The number of carbonyl (C=O) groups excluding carboxylic acids is 6. The summed E-state index contributed by atoms with van der Waals surface area (Å²) in [6.07, 6.45) is 7.38. The zero-order valence-corrected chi connectivity index (χ0v) is 31.8. The maximum atomic E-state index is 14.1. The van der Waals surface area contributed by atoms with E-state index in [9.17, 15) is 38.7 Å². The summed E-state index contributed by atoms with van der Waals surface area (Å²) in [6, 6.07) is -6.35. The largest absolute Gasteiger partial charge is 0.480 e. The molecule has 306 valence electrons. The minimum absolute atomic E-state index is 0.191. The molecular weight excluding hydrogens is 700 g/mol. The summed E-state index contributed by atoms with van der Waals surface area (Å²) < 4.78 is 0. The number of hydrogen-bond donors (Lipinski definition) is 8. The molecule has 3 aliphatic rings. The first-order chi connectivity index (χ1) is 25.9. The van der Waals surface area contributed by atoms with Crippen LogP contribution in [0.5, 0.6) is 0 Å². The molecule has 18 nitrogen and oxygen atoms in total. The Bertz CT molecular complexity index is 1300. The summed E-state index contributed by atoms with van der Waals surface area (Å²) in [7, 11) is 0. The normalized spacial score (nSPS) is 22.0. The third kappa shape index (κ3) is 12.3. The lowest BCUT2D eigenvalue weighted by molar-refractivity contribution is -0.151. The average molecular weight is 765 g/mol. The Labute approximate surface area is 318 Å². The van der Waals surface area contributed by atoms with E-state index in [0.29, 0.717) is 116 Å². The second kappa shape index (κ2) is 22.5. The Morgan fingerprint density at radius 2 is 1.07 bits per heavy atom. The predicted octanol–water partition coefficient (Wildman–Crippen LogP) is -1.77. The number of hydrogen-bond acceptors (Lipinski definition) is 11. The molecule has 6 amide bonds. The number of carboxylic acids is 1. The van der Waals surface area contributed by atoms with Crippen LogP contribution in [-0.4, -0.2) is 143 Å². The highest BCUT2D eigenvalue weighted by Crippen LogP contribution is 2.29. The lowest BCUT2D eigenvalue weighted by Crippen LogP contribution is -2.58. The molecule has 18 heteroatoms. The summed E-state index contributed by atoms with van der Waals surface area (Å²) in [5.74, 6) is -3.90. The molecule has 3 rings (SSSR count). The minimum Gasteiger partial charge on any atom is -0.480 e. The Hall–Kier alpha value is -3.87. The van der Waals surface area contributed by atoms with Crippen LogP contribution < -0.4 is 38.9 Å². The monoisotopic (exact) mass is 764 g/mol. The minimum atomic E-state index is -1.18. The maximum Gasteiger partial charge on any atom is 0.326 e. The van der Waals surface area contributed by atoms with Gasteiger partial charge in [0, 0.05) is 19.6 Å². The van der Waals surface area contributed by atoms with Gasteiger partial charge in [-0.1, -0.05) is 6.42 Å². The quantitative estimate of drug-likeness (QED) is 0.0569. The molecule has 0 bridgehead atoms. The molecule has 3 saturated heterocycles. The van der Waals surface area contributed by atoms with Gasteiger partial charge >= 0.3 is 5.97 Å². The van der Waals surface area contributed by atoms with E-state index in [4.69, 9.17) is 22.9 Å². The summed E-state index contributed by atoms with van der Waals surface area (Å²) in [5.41, 5.74) is 22.7. The number of nitrogens with two attached hydrogens (primary N) is 4. The highest BCUT2D eigenvalue weighted by atomic mass is 16.4. The SMILES string of the molecule is C[C@H](NC(=O)[C@@H](N)CCCCN)C(=O)N1CCC[C@H]1C(=O)N1CCC[C@H]1C(=O)N1CCC[C@H]1C(=O)N[C@@H](CCCCN)C(=O)N[C@@H](CCCCN)C(=O)O. The molecule has 0 aliphatic carbocycles. The van der Waals surface area contributed by atoms with Crippen molar-refractivity contribution in [3.05, 3.63) is 0 Å². The van der Waals surface area contributed by atoms with Crippen LogP contribution in [0.25, 0.3) is 0 Å². The van der Waals surface area contributed by atoms with Crippen molar-refractivity contribution < 1.29 is 38.7 Å². The van der Waals surface area contributed by atoms with Gasteiger partial charge in [-0.2, -0.15) is 0 Å². The van der Waals surface area contributed by atoms with Gasteiger partial charge in [-0.15, -0.1) is 0 Å². The number of likely N-dealkylation sites (tertiary alicyclic amines) is 3. The number of carboxylic acid groups (broad SMARTS) is 1. The zero-order chi connectivity index (χ0) is 39.8. The van der Waals surface area contributed by atoms with Gasteiger partial charge < -0.3 is 58.7 Å². The van der Waals surface area contributed by atoms with Gasteiger partial charge in [0.25, 0.3) is 0 Å². The fraction of sp³-hybridized carbons (Fsp3) is 0.806. The van der Waals surface area contributed by atoms with Crippen molar-refractivity contribution >= 4 is 41.4 Å². The van der Waals surface area contributed by atoms with Crippen molar-refractivity contribution in [2.45, 2.75) is 146 Å². The van der Waals surface area contributed by atoms with E-state index in [1.165, 1.54) is 14.7 Å². The standard InChI is InChI=1S/C36H64N10O8/c1-23(41-30(47)24(40)11-2-5-17-37)33(50)45-21-9-15-28(45)35(52)46-22-10-16-29(46)34(51)44-20-8-14-27(44)32(49)42-25(12-3-6-18-38)31(48)43-26(36(53)54)13-4-7-19-39/h23-29H,2-22,37-40H2,1H3,(H,41,47)(H,42,49)(H,43,48)(H,53,54)/t23-,24-,25-,26-,27-,28-,29-/m0/s1. The Morgan fingerprint density at radius 1 is 0.611 bits per heavy atom. The van der Waals surface area contributed by atoms with Crippen LogP contribution in [-0.2, 0) is 33.6 Å². The molecule has 0 aromatic heterocycles. The van der Waals surface area contributed by atoms with Crippen molar-refractivity contribution in [2.75, 3.05) is 39.3 Å². The first-order valence-corrected chi connectivity index (χ1v) is 19.8. The van der Waals surface area contributed by atoms with E-state index in [-0.39, 0.29) is 24.7 Å². The number of unbranched alkanes of at least 4 members (excludes halogenated alkanes) is 3. The van der Waals surface area contributed by atoms with Gasteiger partial charge in [-0.05, 0) is 116 Å². The number of carbonyl (C=O) groups is 7. The van der Waals surface area contributed by atoms with E-state index in [1.807, 2.05) is 0 Å². The van der Waals surface area contributed by atoms with E-state index in [0.717, 1.165) is 6.42 Å². The molecular formula is C36H64N10O8. The smallest absolute Gasteiger partial charge is 0.326 e. The van der Waals surface area contributed by atoms with Crippen LogP contribution in [0.15, 0.2) is 0 Å². The first-order valence-electron chi connectivity index (χ1n) is 19.8. The molecule has 0 radical (unpaired) electrons. The lowest BCUT2D eigenvalue weighted by Gasteiger charge is -2.35. The summed E-state index contributed by atoms with van der Waals surface area (Å²) >= 11 is 0. The number of aliphatic carboxylic acids is 1. The third-order valence-corrected chi connectivity index (χ3v) is 10.7. The molecule has 54 heavy (non-hydrogen) atoms. The fourth-order valence-electron chi connectivity index (χ4n) is 7.58. The van der Waals surface area contributed by atoms with Gasteiger partial charge in [0.05, 0.1) is 6.04 Å². The van der Waals surface area contributed by atoms with Crippen LogP contribution in [0.1, 0.15) is 103 Å². The summed E-state index contributed by atoms with van der Waals surface area (Å²) in [4.78, 5) is 97.7. The Morgan fingerprint density at radius 3 is 1.61 bits per heavy atom. The fourth-order valence-corrected chi connectivity index (χ4v) is 7.58. The second-order valence-corrected chi connectivity index (χ2v) is 14.7. The predicted molar refractivity (Wildman–Crippen MR) is 200 cm³/mol. The topological polar surface area (TPSA) is 290 Å². The molecule has 0 aromatic rings. The summed E-state index contributed by atoms with van der Waals surface area (Å²) in [6.45, 7) is 3.79. The Balaban J connectivity index is 1.67. The molecule has 0 aromatic carbocycles. The van der Waals surface area contributed by atoms with E-state index in [2.05, 4.69) is 16.0 Å². The van der Waals surface area contributed by atoms with Crippen LogP contribution in [0.2, 0.25) is 0 Å². The molecule has 3 heterocycles. The van der Waals surface area contributed by atoms with Crippen molar-refractivity contribution in [1.82, 2.24) is 30.7 Å². The van der Waals surface area contributed by atoms with Gasteiger partial charge in [-0.25, -0.2) is 4.79 Å². The van der Waals surface area contributed by atoms with Crippen LogP contribution in [0.3, 0.4) is 0 Å². The first kappa shape index (κ1) is 44.5. The molecule has 0 unspecified atom stereocenters.